The smallest absolute Gasteiger partial charge is 0.331 e. The van der Waals surface area contributed by atoms with Gasteiger partial charge in [-0.3, -0.25) is 0 Å². The number of aliphatic hydroxyl groups is 3. The molecule has 0 aromatic rings. The molecule has 170 valence electrons. The van der Waals surface area contributed by atoms with Crippen LogP contribution in [0, 0.1) is 11.3 Å². The van der Waals surface area contributed by atoms with E-state index in [1.54, 1.807) is 0 Å². The second kappa shape index (κ2) is 10.7. The Morgan fingerprint density at radius 1 is 1.20 bits per heavy atom. The molecular weight excluding hydrogens is 380 g/mol. The van der Waals surface area contributed by atoms with E-state index in [1.807, 2.05) is 13.0 Å². The highest BCUT2D eigenvalue weighted by atomic mass is 16.5. The van der Waals surface area contributed by atoms with Crippen LogP contribution in [0.4, 0.5) is 0 Å². The van der Waals surface area contributed by atoms with Gasteiger partial charge in [-0.15, -0.1) is 0 Å². The van der Waals surface area contributed by atoms with Crippen molar-refractivity contribution in [1.29, 1.82) is 0 Å². The van der Waals surface area contributed by atoms with Gasteiger partial charge in [-0.1, -0.05) is 38.0 Å². The van der Waals surface area contributed by atoms with E-state index in [2.05, 4.69) is 26.8 Å². The summed E-state index contributed by atoms with van der Waals surface area (Å²) >= 11 is 0. The molecule has 1 aliphatic heterocycles. The highest BCUT2D eigenvalue weighted by molar-refractivity contribution is 5.85. The third-order valence-corrected chi connectivity index (χ3v) is 6.97. The maximum atomic E-state index is 11.3. The van der Waals surface area contributed by atoms with Crippen molar-refractivity contribution >= 4 is 5.97 Å². The fraction of sp³-hybridized carbons (Fsp3) is 0.720. The summed E-state index contributed by atoms with van der Waals surface area (Å²) in [5.74, 6) is -0.112. The van der Waals surface area contributed by atoms with Crippen LogP contribution in [-0.4, -0.2) is 46.2 Å². The van der Waals surface area contributed by atoms with Gasteiger partial charge >= 0.3 is 5.97 Å². The Bertz CT molecular complexity index is 668. The fourth-order valence-electron chi connectivity index (χ4n) is 5.13. The molecule has 3 N–H and O–H groups in total. The summed E-state index contributed by atoms with van der Waals surface area (Å²) in [5.41, 5.74) is 2.40. The number of ether oxygens (including phenoxy) is 1. The lowest BCUT2D eigenvalue weighted by Gasteiger charge is -2.48. The van der Waals surface area contributed by atoms with E-state index >= 15 is 0 Å². The maximum absolute atomic E-state index is 11.3. The summed E-state index contributed by atoms with van der Waals surface area (Å²) in [6.07, 6.45) is 12.2. The summed E-state index contributed by atoms with van der Waals surface area (Å²) in [6, 6.07) is 0. The lowest BCUT2D eigenvalue weighted by molar-refractivity contribution is -0.138. The first-order valence-corrected chi connectivity index (χ1v) is 11.3. The van der Waals surface area contributed by atoms with E-state index in [4.69, 9.17) is 4.74 Å². The molecule has 0 aromatic heterocycles. The quantitative estimate of drug-likeness (QED) is 0.364. The van der Waals surface area contributed by atoms with Crippen LogP contribution in [0.1, 0.15) is 79.1 Å². The van der Waals surface area contributed by atoms with E-state index < -0.39 is 17.7 Å². The summed E-state index contributed by atoms with van der Waals surface area (Å²) in [7, 11) is 0. The number of hydrogen-bond donors (Lipinski definition) is 3. The van der Waals surface area contributed by atoms with Crippen LogP contribution >= 0.6 is 0 Å². The summed E-state index contributed by atoms with van der Waals surface area (Å²) in [5, 5.41) is 29.8. The molecule has 0 bridgehead atoms. The highest BCUT2D eigenvalue weighted by Crippen LogP contribution is 2.48. The van der Waals surface area contributed by atoms with Crippen molar-refractivity contribution < 1.29 is 24.9 Å². The second-order valence-corrected chi connectivity index (χ2v) is 9.94. The van der Waals surface area contributed by atoms with Gasteiger partial charge in [0.1, 0.15) is 6.10 Å². The average Bonchev–Trinajstić information content (AvgIpc) is 3.02. The summed E-state index contributed by atoms with van der Waals surface area (Å²) in [6.45, 7) is 8.48. The molecule has 0 radical (unpaired) electrons. The van der Waals surface area contributed by atoms with Crippen molar-refractivity contribution in [2.75, 3.05) is 13.2 Å². The van der Waals surface area contributed by atoms with Gasteiger partial charge in [0.05, 0.1) is 18.8 Å². The minimum Gasteiger partial charge on any atom is -0.454 e. The molecule has 1 saturated carbocycles. The highest BCUT2D eigenvalue weighted by Gasteiger charge is 2.44. The van der Waals surface area contributed by atoms with Gasteiger partial charge in [-0.2, -0.15) is 0 Å². The zero-order chi connectivity index (χ0) is 22.4. The van der Waals surface area contributed by atoms with Crippen LogP contribution in [0.25, 0.3) is 0 Å². The zero-order valence-corrected chi connectivity index (χ0v) is 19.1. The van der Waals surface area contributed by atoms with Crippen LogP contribution < -0.4 is 0 Å². The molecule has 5 nitrogen and oxygen atoms in total. The topological polar surface area (TPSA) is 87.0 Å². The Kier molecular flexibility index (Phi) is 8.89. The lowest BCUT2D eigenvalue weighted by atomic mass is 9.60. The van der Waals surface area contributed by atoms with E-state index in [-0.39, 0.29) is 18.6 Å². The van der Waals surface area contributed by atoms with Crippen LogP contribution in [0.5, 0.6) is 0 Å². The minimum atomic E-state index is -0.583. The molecule has 3 atom stereocenters. The van der Waals surface area contributed by atoms with Gasteiger partial charge in [0.2, 0.25) is 0 Å². The van der Waals surface area contributed by atoms with Crippen LogP contribution in [0.3, 0.4) is 0 Å². The van der Waals surface area contributed by atoms with Crippen molar-refractivity contribution in [2.45, 2.75) is 90.8 Å². The summed E-state index contributed by atoms with van der Waals surface area (Å²) < 4.78 is 5.18. The normalized spacial score (nSPS) is 29.7. The van der Waals surface area contributed by atoms with Crippen molar-refractivity contribution in [2.24, 2.45) is 11.3 Å². The molecule has 0 amide bonds. The molecule has 1 fully saturated rings. The van der Waals surface area contributed by atoms with Gasteiger partial charge in [-0.05, 0) is 69.3 Å². The van der Waals surface area contributed by atoms with E-state index in [0.29, 0.717) is 17.9 Å². The fourth-order valence-corrected chi connectivity index (χ4v) is 5.13. The predicted octanol–water partition coefficient (Wildman–Crippen LogP) is 4.22. The van der Waals surface area contributed by atoms with E-state index in [1.165, 1.54) is 18.1 Å². The standard InChI is InChI=1S/C25H40O5/c1-18(9-12-22-24(2,3)13-6-14-25(22,4)29)7-5-8-19(16-26)10-11-21-20(17-27)15-23(28)30-21/h7,10,15,21-22,26-27,29H,5-6,8-9,11-14,16-17H2,1-4H3/b18-7+,19-10-. The molecule has 5 heteroatoms. The lowest BCUT2D eigenvalue weighted by Crippen LogP contribution is -2.46. The SMILES string of the molecule is C/C(=C\CC/C(=C/CC1OC(=O)C=C1CO)CO)CCC1C(C)(C)CCCC1(C)O. The molecule has 0 aromatic carbocycles. The van der Waals surface area contributed by atoms with Gasteiger partial charge < -0.3 is 20.1 Å². The average molecular weight is 421 g/mol. The largest absolute Gasteiger partial charge is 0.454 e. The Hall–Kier alpha value is -1.43. The van der Waals surface area contributed by atoms with Crippen LogP contribution in [0.2, 0.25) is 0 Å². The molecule has 1 aliphatic carbocycles. The van der Waals surface area contributed by atoms with E-state index in [0.717, 1.165) is 44.1 Å². The van der Waals surface area contributed by atoms with Gasteiger partial charge in [-0.25, -0.2) is 4.79 Å². The number of aliphatic hydroxyl groups excluding tert-OH is 2. The number of rotatable bonds is 10. The number of carbonyl (C=O) groups excluding carboxylic acids is 1. The molecule has 2 rings (SSSR count). The molecule has 2 aliphatic rings. The molecule has 30 heavy (non-hydrogen) atoms. The first kappa shape index (κ1) is 24.8. The van der Waals surface area contributed by atoms with E-state index in [9.17, 15) is 20.1 Å². The van der Waals surface area contributed by atoms with Crippen LogP contribution in [0.15, 0.2) is 34.9 Å². The van der Waals surface area contributed by atoms with Gasteiger partial charge in [0.15, 0.2) is 0 Å². The second-order valence-electron chi connectivity index (χ2n) is 9.94. The predicted molar refractivity (Wildman–Crippen MR) is 119 cm³/mol. The first-order chi connectivity index (χ1) is 14.1. The van der Waals surface area contributed by atoms with Crippen LogP contribution in [-0.2, 0) is 9.53 Å². The zero-order valence-electron chi connectivity index (χ0n) is 19.1. The molecule has 1 heterocycles. The third-order valence-electron chi connectivity index (χ3n) is 6.97. The van der Waals surface area contributed by atoms with Gasteiger partial charge in [0.25, 0.3) is 0 Å². The molecule has 0 spiro atoms. The first-order valence-electron chi connectivity index (χ1n) is 11.3. The maximum Gasteiger partial charge on any atom is 0.331 e. The monoisotopic (exact) mass is 420 g/mol. The van der Waals surface area contributed by atoms with Gasteiger partial charge in [0, 0.05) is 18.1 Å². The number of cyclic esters (lactones) is 1. The minimum absolute atomic E-state index is 0.0230. The number of hydrogen-bond acceptors (Lipinski definition) is 5. The molecule has 3 unspecified atom stereocenters. The Balaban J connectivity index is 1.83. The number of allylic oxidation sites excluding steroid dienone is 2. The Labute approximate surface area is 181 Å². The number of carbonyl (C=O) groups is 1. The van der Waals surface area contributed by atoms with Crippen molar-refractivity contribution in [3.63, 3.8) is 0 Å². The van der Waals surface area contributed by atoms with Crippen molar-refractivity contribution in [1.82, 2.24) is 0 Å². The molecule has 0 saturated heterocycles. The third kappa shape index (κ3) is 6.79. The van der Waals surface area contributed by atoms with Crippen molar-refractivity contribution in [3.8, 4) is 0 Å². The Morgan fingerprint density at radius 2 is 1.93 bits per heavy atom. The number of esters is 1. The Morgan fingerprint density at radius 3 is 2.57 bits per heavy atom. The summed E-state index contributed by atoms with van der Waals surface area (Å²) in [4.78, 5) is 11.3. The van der Waals surface area contributed by atoms with Crippen molar-refractivity contribution in [3.05, 3.63) is 34.9 Å². The molecular formula is C25H40O5.